The second-order valence-corrected chi connectivity index (χ2v) is 4.87. The quantitative estimate of drug-likeness (QED) is 0.760. The molecule has 0 aliphatic carbocycles. The molecule has 0 amide bonds. The third kappa shape index (κ3) is 3.48. The van der Waals surface area contributed by atoms with Gasteiger partial charge in [0.2, 0.25) is 5.88 Å². The highest BCUT2D eigenvalue weighted by Gasteiger charge is 2.30. The van der Waals surface area contributed by atoms with E-state index in [4.69, 9.17) is 9.26 Å². The number of anilines is 2. The lowest BCUT2D eigenvalue weighted by Gasteiger charge is -2.08. The Kier molecular flexibility index (Phi) is 4.11. The lowest BCUT2D eigenvalue weighted by molar-refractivity contribution is -0.137. The third-order valence-electron chi connectivity index (χ3n) is 3.20. The summed E-state index contributed by atoms with van der Waals surface area (Å²) >= 11 is 0. The molecule has 3 rings (SSSR count). The Labute approximate surface area is 135 Å². The Hall–Kier alpha value is -3.03. The highest BCUT2D eigenvalue weighted by Crippen LogP contribution is 2.32. The zero-order valence-corrected chi connectivity index (χ0v) is 12.5. The second-order valence-electron chi connectivity index (χ2n) is 4.87. The molecular formula is C16H12F3N3O2. The molecule has 0 fully saturated rings. The number of ether oxygens (including phenoxy) is 1. The molecule has 0 aliphatic heterocycles. The van der Waals surface area contributed by atoms with Gasteiger partial charge in [-0.15, -0.1) is 0 Å². The Morgan fingerprint density at radius 1 is 1.12 bits per heavy atom. The van der Waals surface area contributed by atoms with E-state index >= 15 is 0 Å². The minimum absolute atomic E-state index is 0.261. The molecule has 1 aromatic carbocycles. The maximum absolute atomic E-state index is 12.7. The molecule has 1 N–H and O–H groups in total. The minimum atomic E-state index is -4.40. The summed E-state index contributed by atoms with van der Waals surface area (Å²) in [5, 5.41) is 6.59. The number of nitrogens with zero attached hydrogens (tertiary/aromatic N) is 2. The highest BCUT2D eigenvalue weighted by atomic mass is 19.4. The summed E-state index contributed by atoms with van der Waals surface area (Å²) in [6.45, 7) is 0. The van der Waals surface area contributed by atoms with Gasteiger partial charge in [-0.25, -0.2) is 4.98 Å². The number of benzene rings is 1. The van der Waals surface area contributed by atoms with Gasteiger partial charge in [0, 0.05) is 29.6 Å². The van der Waals surface area contributed by atoms with E-state index in [1.54, 1.807) is 24.4 Å². The number of rotatable bonds is 4. The van der Waals surface area contributed by atoms with Crippen molar-refractivity contribution in [2.24, 2.45) is 0 Å². The number of hydrogen-bond donors (Lipinski definition) is 1. The first-order chi connectivity index (χ1) is 11.5. The topological polar surface area (TPSA) is 60.2 Å². The van der Waals surface area contributed by atoms with Crippen LogP contribution >= 0.6 is 0 Å². The molecule has 0 spiro atoms. The molecule has 2 aromatic heterocycles. The van der Waals surface area contributed by atoms with Crippen LogP contribution in [0.3, 0.4) is 0 Å². The highest BCUT2D eigenvalue weighted by molar-refractivity contribution is 5.65. The van der Waals surface area contributed by atoms with Gasteiger partial charge in [-0.05, 0) is 24.3 Å². The lowest BCUT2D eigenvalue weighted by Crippen LogP contribution is -2.05. The molecule has 8 heteroatoms. The Morgan fingerprint density at radius 2 is 1.96 bits per heavy atom. The van der Waals surface area contributed by atoms with Crippen LogP contribution < -0.4 is 10.1 Å². The number of methoxy groups -OCH3 is 1. The van der Waals surface area contributed by atoms with Crippen LogP contribution in [0.25, 0.3) is 11.3 Å². The van der Waals surface area contributed by atoms with Gasteiger partial charge in [0.25, 0.3) is 0 Å². The largest absolute Gasteiger partial charge is 0.481 e. The molecule has 0 unspecified atom stereocenters. The SMILES string of the molecule is COc1cc(-c2cc(Nc3cccc(C(F)(F)F)c3)no2)ccn1. The first-order valence-electron chi connectivity index (χ1n) is 6.87. The van der Waals surface area contributed by atoms with Gasteiger partial charge in [-0.1, -0.05) is 11.2 Å². The maximum atomic E-state index is 12.7. The number of pyridine rings is 1. The molecule has 2 heterocycles. The third-order valence-corrected chi connectivity index (χ3v) is 3.20. The Bertz CT molecular complexity index is 846. The van der Waals surface area contributed by atoms with Gasteiger partial charge in [0.15, 0.2) is 11.6 Å². The summed E-state index contributed by atoms with van der Waals surface area (Å²) in [7, 11) is 1.49. The van der Waals surface area contributed by atoms with Crippen molar-refractivity contribution in [2.45, 2.75) is 6.18 Å². The number of halogens is 3. The van der Waals surface area contributed by atoms with E-state index in [0.717, 1.165) is 12.1 Å². The summed E-state index contributed by atoms with van der Waals surface area (Å²) in [6.07, 6.45) is -2.85. The smallest absolute Gasteiger partial charge is 0.416 e. The van der Waals surface area contributed by atoms with E-state index < -0.39 is 11.7 Å². The Balaban J connectivity index is 1.81. The van der Waals surface area contributed by atoms with Crippen molar-refractivity contribution < 1.29 is 22.4 Å². The summed E-state index contributed by atoms with van der Waals surface area (Å²) < 4.78 is 48.4. The molecular weight excluding hydrogens is 323 g/mol. The maximum Gasteiger partial charge on any atom is 0.416 e. The van der Waals surface area contributed by atoms with Gasteiger partial charge in [0.1, 0.15) is 0 Å². The van der Waals surface area contributed by atoms with E-state index in [9.17, 15) is 13.2 Å². The van der Waals surface area contributed by atoms with Crippen LogP contribution in [0.2, 0.25) is 0 Å². The summed E-state index contributed by atoms with van der Waals surface area (Å²) in [5.41, 5.74) is 0.207. The summed E-state index contributed by atoms with van der Waals surface area (Å²) in [6, 6.07) is 9.78. The average Bonchev–Trinajstić information content (AvgIpc) is 3.03. The number of alkyl halides is 3. The lowest BCUT2D eigenvalue weighted by atomic mass is 10.2. The molecule has 0 saturated carbocycles. The van der Waals surface area contributed by atoms with E-state index in [1.165, 1.54) is 19.2 Å². The van der Waals surface area contributed by atoms with Crippen molar-refractivity contribution in [1.29, 1.82) is 0 Å². The van der Waals surface area contributed by atoms with Crippen LogP contribution in [0.1, 0.15) is 5.56 Å². The number of nitrogens with one attached hydrogen (secondary N) is 1. The van der Waals surface area contributed by atoms with Crippen molar-refractivity contribution in [3.05, 3.63) is 54.2 Å². The number of hydrogen-bond acceptors (Lipinski definition) is 5. The zero-order chi connectivity index (χ0) is 17.2. The van der Waals surface area contributed by atoms with Gasteiger partial charge in [-0.2, -0.15) is 13.2 Å². The standard InChI is InChI=1S/C16H12F3N3O2/c1-23-15-7-10(5-6-20-15)13-9-14(22-24-13)21-12-4-2-3-11(8-12)16(17,18)19/h2-9H,1H3,(H,21,22). The zero-order valence-electron chi connectivity index (χ0n) is 12.5. The predicted molar refractivity (Wildman–Crippen MR) is 81.0 cm³/mol. The van der Waals surface area contributed by atoms with Gasteiger partial charge in [-0.3, -0.25) is 0 Å². The monoisotopic (exact) mass is 335 g/mol. The summed E-state index contributed by atoms with van der Waals surface area (Å²) in [5.74, 6) is 1.14. The first kappa shape index (κ1) is 15.9. The van der Waals surface area contributed by atoms with Crippen molar-refractivity contribution in [3.63, 3.8) is 0 Å². The fourth-order valence-electron chi connectivity index (χ4n) is 2.07. The van der Waals surface area contributed by atoms with Crippen LogP contribution in [0.4, 0.5) is 24.7 Å². The second kappa shape index (κ2) is 6.23. The predicted octanol–water partition coefficient (Wildman–Crippen LogP) is 4.51. The van der Waals surface area contributed by atoms with Crippen molar-refractivity contribution >= 4 is 11.5 Å². The van der Waals surface area contributed by atoms with Crippen LogP contribution in [-0.2, 0) is 6.18 Å². The van der Waals surface area contributed by atoms with E-state index in [-0.39, 0.29) is 5.69 Å². The molecule has 0 bridgehead atoms. The molecule has 24 heavy (non-hydrogen) atoms. The molecule has 0 radical (unpaired) electrons. The van der Waals surface area contributed by atoms with Crippen LogP contribution in [0.15, 0.2) is 53.2 Å². The van der Waals surface area contributed by atoms with Crippen molar-refractivity contribution in [3.8, 4) is 17.2 Å². The summed E-state index contributed by atoms with van der Waals surface area (Å²) in [4.78, 5) is 3.98. The van der Waals surface area contributed by atoms with Gasteiger partial charge in [0.05, 0.1) is 12.7 Å². The van der Waals surface area contributed by atoms with Crippen molar-refractivity contribution in [1.82, 2.24) is 10.1 Å². The van der Waals surface area contributed by atoms with Crippen LogP contribution in [-0.4, -0.2) is 17.3 Å². The van der Waals surface area contributed by atoms with Gasteiger partial charge < -0.3 is 14.6 Å². The molecule has 3 aromatic rings. The molecule has 0 atom stereocenters. The number of aromatic nitrogens is 2. The van der Waals surface area contributed by atoms with E-state index in [1.807, 2.05) is 0 Å². The van der Waals surface area contributed by atoms with Crippen molar-refractivity contribution in [2.75, 3.05) is 12.4 Å². The molecule has 124 valence electrons. The van der Waals surface area contributed by atoms with Crippen LogP contribution in [0, 0.1) is 0 Å². The Morgan fingerprint density at radius 3 is 2.71 bits per heavy atom. The van der Waals surface area contributed by atoms with E-state index in [0.29, 0.717) is 23.0 Å². The van der Waals surface area contributed by atoms with E-state index in [2.05, 4.69) is 15.5 Å². The van der Waals surface area contributed by atoms with Gasteiger partial charge >= 0.3 is 6.18 Å². The normalized spacial score (nSPS) is 11.3. The average molecular weight is 335 g/mol. The fourth-order valence-corrected chi connectivity index (χ4v) is 2.07. The van der Waals surface area contributed by atoms with Crippen LogP contribution in [0.5, 0.6) is 5.88 Å². The molecule has 0 saturated heterocycles. The first-order valence-corrected chi connectivity index (χ1v) is 6.87. The molecule has 5 nitrogen and oxygen atoms in total. The molecule has 0 aliphatic rings. The minimum Gasteiger partial charge on any atom is -0.481 e. The fraction of sp³-hybridized carbons (Fsp3) is 0.125.